The molecule has 0 atom stereocenters. The van der Waals surface area contributed by atoms with Gasteiger partial charge in [-0.2, -0.15) is 0 Å². The second-order valence-corrected chi connectivity index (χ2v) is 6.71. The van der Waals surface area contributed by atoms with E-state index < -0.39 is 5.60 Å². The Kier molecular flexibility index (Phi) is 5.41. The summed E-state index contributed by atoms with van der Waals surface area (Å²) in [6, 6.07) is 22.2. The molecule has 0 aliphatic rings. The molecule has 3 aromatic rings. The van der Waals surface area contributed by atoms with Crippen LogP contribution in [0.1, 0.15) is 50.4 Å². The van der Waals surface area contributed by atoms with Crippen LogP contribution < -0.4 is 0 Å². The van der Waals surface area contributed by atoms with E-state index in [2.05, 4.69) is 32.9 Å². The molecule has 0 radical (unpaired) electrons. The summed E-state index contributed by atoms with van der Waals surface area (Å²) >= 11 is 0. The number of fused-ring (bicyclic) bond motifs is 1. The molecule has 3 rings (SSSR count). The molecule has 0 saturated heterocycles. The molecular weight excluding hydrogens is 320 g/mol. The van der Waals surface area contributed by atoms with Gasteiger partial charge in [0, 0.05) is 5.56 Å². The van der Waals surface area contributed by atoms with E-state index in [0.29, 0.717) is 5.56 Å². The Morgan fingerprint density at radius 2 is 1.42 bits per heavy atom. The van der Waals surface area contributed by atoms with Crippen molar-refractivity contribution in [3.8, 4) is 11.1 Å². The Hall–Kier alpha value is -2.61. The summed E-state index contributed by atoms with van der Waals surface area (Å²) in [5.41, 5.74) is 2.23. The first kappa shape index (κ1) is 18.2. The summed E-state index contributed by atoms with van der Waals surface area (Å²) in [5.74, 6) is -0.236. The van der Waals surface area contributed by atoms with Gasteiger partial charge in [0.25, 0.3) is 0 Å². The molecule has 2 heteroatoms. The minimum Gasteiger partial charge on any atom is -0.456 e. The van der Waals surface area contributed by atoms with Crippen molar-refractivity contribution in [3.05, 3.63) is 72.3 Å². The standard InChI is InChI=1S/C24H26O2/c1-4-24(5-2,6-3)26-23(25)21-17-16-18-12-10-11-15-20(18)22(21)19-13-8-7-9-14-19/h7-17H,4-6H2,1-3H3. The SMILES string of the molecule is CCC(CC)(CC)OC(=O)c1ccc2ccccc2c1-c1ccccc1. The summed E-state index contributed by atoms with van der Waals surface area (Å²) < 4.78 is 6.04. The van der Waals surface area contributed by atoms with Crippen LogP contribution in [-0.2, 0) is 4.74 Å². The molecule has 0 spiro atoms. The number of benzene rings is 3. The molecule has 0 saturated carbocycles. The van der Waals surface area contributed by atoms with Crippen molar-refractivity contribution in [3.63, 3.8) is 0 Å². The van der Waals surface area contributed by atoms with Gasteiger partial charge >= 0.3 is 5.97 Å². The second-order valence-electron chi connectivity index (χ2n) is 6.71. The maximum atomic E-state index is 13.2. The van der Waals surface area contributed by atoms with Gasteiger partial charge in [-0.3, -0.25) is 0 Å². The summed E-state index contributed by atoms with van der Waals surface area (Å²) in [7, 11) is 0. The van der Waals surface area contributed by atoms with Crippen LogP contribution in [0.5, 0.6) is 0 Å². The number of hydrogen-bond acceptors (Lipinski definition) is 2. The molecule has 26 heavy (non-hydrogen) atoms. The molecule has 0 bridgehead atoms. The summed E-state index contributed by atoms with van der Waals surface area (Å²) in [4.78, 5) is 13.2. The van der Waals surface area contributed by atoms with Crippen molar-refractivity contribution in [2.24, 2.45) is 0 Å². The summed E-state index contributed by atoms with van der Waals surface area (Å²) in [6.07, 6.45) is 2.46. The zero-order valence-corrected chi connectivity index (χ0v) is 15.8. The first-order valence-corrected chi connectivity index (χ1v) is 9.44. The highest BCUT2D eigenvalue weighted by atomic mass is 16.6. The zero-order chi connectivity index (χ0) is 18.6. The molecule has 134 valence electrons. The number of hydrogen-bond donors (Lipinski definition) is 0. The highest BCUT2D eigenvalue weighted by molar-refractivity contribution is 6.08. The quantitative estimate of drug-likeness (QED) is 0.468. The third-order valence-corrected chi connectivity index (χ3v) is 5.45. The molecule has 0 aliphatic heterocycles. The van der Waals surface area contributed by atoms with Crippen molar-refractivity contribution in [2.75, 3.05) is 0 Å². The van der Waals surface area contributed by atoms with E-state index >= 15 is 0 Å². The van der Waals surface area contributed by atoms with Crippen molar-refractivity contribution < 1.29 is 9.53 Å². The number of esters is 1. The fourth-order valence-corrected chi connectivity index (χ4v) is 3.58. The minimum absolute atomic E-state index is 0.236. The van der Waals surface area contributed by atoms with Gasteiger partial charge in [-0.15, -0.1) is 0 Å². The summed E-state index contributed by atoms with van der Waals surface area (Å²) in [5, 5.41) is 2.19. The Morgan fingerprint density at radius 1 is 0.808 bits per heavy atom. The lowest BCUT2D eigenvalue weighted by molar-refractivity contribution is -0.0248. The lowest BCUT2D eigenvalue weighted by atomic mass is 9.92. The van der Waals surface area contributed by atoms with E-state index in [9.17, 15) is 4.79 Å². The van der Waals surface area contributed by atoms with Crippen LogP contribution in [0.3, 0.4) is 0 Å². The molecule has 0 heterocycles. The van der Waals surface area contributed by atoms with Crippen molar-refractivity contribution in [1.82, 2.24) is 0 Å². The Bertz CT molecular complexity index is 884. The van der Waals surface area contributed by atoms with Crippen molar-refractivity contribution >= 4 is 16.7 Å². The van der Waals surface area contributed by atoms with Gasteiger partial charge in [0.05, 0.1) is 5.56 Å². The number of ether oxygens (including phenoxy) is 1. The monoisotopic (exact) mass is 346 g/mol. The maximum Gasteiger partial charge on any atom is 0.339 e. The normalized spacial score (nSPS) is 11.5. The van der Waals surface area contributed by atoms with E-state index in [1.807, 2.05) is 54.6 Å². The van der Waals surface area contributed by atoms with Gasteiger partial charge in [0.2, 0.25) is 0 Å². The molecule has 0 aliphatic carbocycles. The minimum atomic E-state index is -0.392. The van der Waals surface area contributed by atoms with Crippen LogP contribution >= 0.6 is 0 Å². The lowest BCUT2D eigenvalue weighted by Crippen LogP contribution is -2.33. The van der Waals surface area contributed by atoms with E-state index in [1.54, 1.807) is 0 Å². The third-order valence-electron chi connectivity index (χ3n) is 5.45. The van der Waals surface area contributed by atoms with E-state index in [0.717, 1.165) is 41.2 Å². The van der Waals surface area contributed by atoms with Crippen LogP contribution in [0, 0.1) is 0 Å². The van der Waals surface area contributed by atoms with Crippen LogP contribution in [-0.4, -0.2) is 11.6 Å². The van der Waals surface area contributed by atoms with Gasteiger partial charge in [0.1, 0.15) is 5.60 Å². The molecule has 0 aromatic heterocycles. The molecule has 0 fully saturated rings. The van der Waals surface area contributed by atoms with Crippen LogP contribution in [0.15, 0.2) is 66.7 Å². The first-order valence-electron chi connectivity index (χ1n) is 9.44. The molecule has 0 amide bonds. The molecule has 2 nitrogen and oxygen atoms in total. The average Bonchev–Trinajstić information content (AvgIpc) is 2.71. The van der Waals surface area contributed by atoms with Crippen LogP contribution in [0.25, 0.3) is 21.9 Å². The van der Waals surface area contributed by atoms with Gasteiger partial charge in [-0.25, -0.2) is 4.79 Å². The maximum absolute atomic E-state index is 13.2. The fraction of sp³-hybridized carbons (Fsp3) is 0.292. The predicted octanol–water partition coefficient (Wildman–Crippen LogP) is 6.63. The van der Waals surface area contributed by atoms with E-state index in [4.69, 9.17) is 4.74 Å². The molecule has 0 N–H and O–H groups in total. The predicted molar refractivity (Wildman–Crippen MR) is 108 cm³/mol. The first-order chi connectivity index (χ1) is 12.6. The van der Waals surface area contributed by atoms with Gasteiger partial charge in [-0.05, 0) is 41.7 Å². The molecule has 3 aromatic carbocycles. The van der Waals surface area contributed by atoms with Crippen molar-refractivity contribution in [2.45, 2.75) is 45.6 Å². The zero-order valence-electron chi connectivity index (χ0n) is 15.8. The van der Waals surface area contributed by atoms with E-state index in [-0.39, 0.29) is 5.97 Å². The number of rotatable bonds is 6. The number of carbonyl (C=O) groups excluding carboxylic acids is 1. The average molecular weight is 346 g/mol. The largest absolute Gasteiger partial charge is 0.456 e. The summed E-state index contributed by atoms with van der Waals surface area (Å²) in [6.45, 7) is 6.25. The lowest BCUT2D eigenvalue weighted by Gasteiger charge is -2.30. The smallest absolute Gasteiger partial charge is 0.339 e. The molecular formula is C24H26O2. The highest BCUT2D eigenvalue weighted by Gasteiger charge is 2.30. The van der Waals surface area contributed by atoms with Crippen LogP contribution in [0.2, 0.25) is 0 Å². The van der Waals surface area contributed by atoms with Gasteiger partial charge in [0.15, 0.2) is 0 Å². The Morgan fingerprint density at radius 3 is 2.08 bits per heavy atom. The van der Waals surface area contributed by atoms with E-state index in [1.165, 1.54) is 0 Å². The highest BCUT2D eigenvalue weighted by Crippen LogP contribution is 2.34. The van der Waals surface area contributed by atoms with Crippen molar-refractivity contribution in [1.29, 1.82) is 0 Å². The van der Waals surface area contributed by atoms with Crippen LogP contribution in [0.4, 0.5) is 0 Å². The fourth-order valence-electron chi connectivity index (χ4n) is 3.58. The molecule has 0 unspecified atom stereocenters. The Labute approximate surface area is 155 Å². The second kappa shape index (κ2) is 7.74. The Balaban J connectivity index is 2.16. The topological polar surface area (TPSA) is 26.3 Å². The van der Waals surface area contributed by atoms with Gasteiger partial charge in [-0.1, -0.05) is 81.4 Å². The number of carbonyl (C=O) groups is 1. The van der Waals surface area contributed by atoms with Gasteiger partial charge < -0.3 is 4.74 Å². The third kappa shape index (κ3) is 3.37.